The molecule has 0 saturated heterocycles. The summed E-state index contributed by atoms with van der Waals surface area (Å²) in [6.07, 6.45) is 11.8. The van der Waals surface area contributed by atoms with Crippen molar-refractivity contribution in [3.05, 3.63) is 38.7 Å². The second-order valence-electron chi connectivity index (χ2n) is 8.20. The summed E-state index contributed by atoms with van der Waals surface area (Å²) in [7, 11) is 3.14. The highest BCUT2D eigenvalue weighted by atomic mass is 35.5. The molecule has 7 heteroatoms. The van der Waals surface area contributed by atoms with Crippen LogP contribution >= 0.6 is 22.9 Å². The molecule has 0 bridgehead atoms. The molecule has 1 heterocycles. The predicted octanol–water partition coefficient (Wildman–Crippen LogP) is 6.11. The molecule has 166 valence electrons. The van der Waals surface area contributed by atoms with E-state index in [0.717, 1.165) is 48.2 Å². The van der Waals surface area contributed by atoms with Gasteiger partial charge in [0.1, 0.15) is 5.00 Å². The van der Waals surface area contributed by atoms with Gasteiger partial charge in [-0.25, -0.2) is 4.99 Å². The van der Waals surface area contributed by atoms with Gasteiger partial charge in [-0.1, -0.05) is 30.9 Å². The van der Waals surface area contributed by atoms with Crippen molar-refractivity contribution in [1.29, 1.82) is 0 Å². The monoisotopic (exact) mass is 460 g/mol. The Morgan fingerprint density at radius 3 is 2.65 bits per heavy atom. The molecule has 0 unspecified atom stereocenters. The van der Waals surface area contributed by atoms with Crippen molar-refractivity contribution in [3.63, 3.8) is 0 Å². The van der Waals surface area contributed by atoms with Crippen molar-refractivity contribution < 1.29 is 14.3 Å². The first-order valence-corrected chi connectivity index (χ1v) is 12.2. The zero-order valence-corrected chi connectivity index (χ0v) is 19.7. The lowest BCUT2D eigenvalue weighted by atomic mass is 9.93. The number of halogens is 1. The third-order valence-electron chi connectivity index (χ3n) is 6.11. The Balaban J connectivity index is 1.64. The highest BCUT2D eigenvalue weighted by Gasteiger charge is 2.27. The maximum Gasteiger partial charge on any atom is 0.254 e. The number of nitrogens with one attached hydrogen (secondary N) is 1. The van der Waals surface area contributed by atoms with E-state index in [0.29, 0.717) is 16.5 Å². The summed E-state index contributed by atoms with van der Waals surface area (Å²) in [5.74, 6) is 1.08. The van der Waals surface area contributed by atoms with Crippen molar-refractivity contribution in [2.45, 2.75) is 63.8 Å². The highest BCUT2D eigenvalue weighted by Crippen LogP contribution is 2.40. The molecule has 0 atom stereocenters. The SMILES string of the molecule is COc1cc(C=Nc2sc3c(c2C(=O)NC2CCCCC2)CCCC3)cc(Cl)c1OC. The Labute approximate surface area is 192 Å². The Hall–Kier alpha value is -2.05. The van der Waals surface area contributed by atoms with E-state index in [1.54, 1.807) is 37.8 Å². The number of hydrogen-bond donors (Lipinski definition) is 1. The first kappa shape index (κ1) is 22.2. The minimum Gasteiger partial charge on any atom is -0.493 e. The molecule has 1 saturated carbocycles. The zero-order chi connectivity index (χ0) is 21.8. The van der Waals surface area contributed by atoms with Crippen LogP contribution < -0.4 is 14.8 Å². The van der Waals surface area contributed by atoms with Crippen molar-refractivity contribution in [1.82, 2.24) is 5.32 Å². The summed E-state index contributed by atoms with van der Waals surface area (Å²) in [5.41, 5.74) is 2.77. The molecular weight excluding hydrogens is 432 g/mol. The predicted molar refractivity (Wildman–Crippen MR) is 127 cm³/mol. The number of aliphatic imine (C=N–C) groups is 1. The van der Waals surface area contributed by atoms with E-state index in [9.17, 15) is 4.79 Å². The number of rotatable bonds is 6. The fourth-order valence-corrected chi connectivity index (χ4v) is 6.05. The number of fused-ring (bicyclic) bond motifs is 1. The van der Waals surface area contributed by atoms with Gasteiger partial charge < -0.3 is 14.8 Å². The maximum atomic E-state index is 13.3. The van der Waals surface area contributed by atoms with E-state index in [-0.39, 0.29) is 11.9 Å². The van der Waals surface area contributed by atoms with E-state index in [1.807, 2.05) is 6.07 Å². The van der Waals surface area contributed by atoms with Gasteiger partial charge in [-0.15, -0.1) is 11.3 Å². The van der Waals surface area contributed by atoms with Crippen LogP contribution in [0.4, 0.5) is 5.00 Å². The van der Waals surface area contributed by atoms with Gasteiger partial charge in [-0.3, -0.25) is 4.79 Å². The van der Waals surface area contributed by atoms with Crippen molar-refractivity contribution in [3.8, 4) is 11.5 Å². The van der Waals surface area contributed by atoms with E-state index >= 15 is 0 Å². The fraction of sp³-hybridized carbons (Fsp3) is 0.500. The smallest absolute Gasteiger partial charge is 0.254 e. The molecule has 1 N–H and O–H groups in total. The molecule has 1 amide bonds. The summed E-state index contributed by atoms with van der Waals surface area (Å²) in [6, 6.07) is 3.91. The molecule has 4 rings (SSSR count). The Morgan fingerprint density at radius 2 is 1.90 bits per heavy atom. The first-order chi connectivity index (χ1) is 15.1. The maximum absolute atomic E-state index is 13.3. The molecule has 1 aromatic carbocycles. The van der Waals surface area contributed by atoms with Crippen LogP contribution in [0.2, 0.25) is 5.02 Å². The summed E-state index contributed by atoms with van der Waals surface area (Å²) in [4.78, 5) is 19.3. The number of carbonyl (C=O) groups excluding carboxylic acids is 1. The number of nitrogens with zero attached hydrogens (tertiary/aromatic N) is 1. The minimum absolute atomic E-state index is 0.0313. The number of aryl methyl sites for hydroxylation is 1. The molecule has 0 aliphatic heterocycles. The zero-order valence-electron chi connectivity index (χ0n) is 18.1. The summed E-state index contributed by atoms with van der Waals surface area (Å²) in [6.45, 7) is 0. The molecule has 5 nitrogen and oxygen atoms in total. The van der Waals surface area contributed by atoms with Crippen molar-refractivity contribution in [2.24, 2.45) is 4.99 Å². The Kier molecular flexibility index (Phi) is 7.18. The number of carbonyl (C=O) groups is 1. The highest BCUT2D eigenvalue weighted by molar-refractivity contribution is 7.16. The van der Waals surface area contributed by atoms with Gasteiger partial charge in [0.2, 0.25) is 0 Å². The van der Waals surface area contributed by atoms with Crippen LogP contribution in [0.5, 0.6) is 11.5 Å². The average Bonchev–Trinajstić information content (AvgIpc) is 3.16. The number of ether oxygens (including phenoxy) is 2. The summed E-state index contributed by atoms with van der Waals surface area (Å²) < 4.78 is 10.7. The molecule has 2 aromatic rings. The van der Waals surface area contributed by atoms with Gasteiger partial charge in [0, 0.05) is 17.1 Å². The van der Waals surface area contributed by atoms with Gasteiger partial charge in [0.25, 0.3) is 5.91 Å². The Morgan fingerprint density at radius 1 is 1.13 bits per heavy atom. The van der Waals surface area contributed by atoms with Gasteiger partial charge >= 0.3 is 0 Å². The van der Waals surface area contributed by atoms with E-state index in [1.165, 1.54) is 36.1 Å². The normalized spacial score (nSPS) is 16.9. The van der Waals surface area contributed by atoms with E-state index < -0.39 is 0 Å². The van der Waals surface area contributed by atoms with Crippen LogP contribution in [-0.4, -0.2) is 32.4 Å². The van der Waals surface area contributed by atoms with Crippen LogP contribution in [0.1, 0.15) is 71.3 Å². The lowest BCUT2D eigenvalue weighted by Crippen LogP contribution is -2.36. The quantitative estimate of drug-likeness (QED) is 0.529. The van der Waals surface area contributed by atoms with Crippen LogP contribution in [0.15, 0.2) is 17.1 Å². The lowest BCUT2D eigenvalue weighted by Gasteiger charge is -2.23. The van der Waals surface area contributed by atoms with Crippen LogP contribution in [0, 0.1) is 0 Å². The molecule has 0 radical (unpaired) electrons. The molecule has 2 aliphatic rings. The average molecular weight is 461 g/mol. The fourth-order valence-electron chi connectivity index (χ4n) is 4.53. The molecule has 2 aliphatic carbocycles. The van der Waals surface area contributed by atoms with Gasteiger partial charge in [-0.05, 0) is 61.8 Å². The topological polar surface area (TPSA) is 59.9 Å². The van der Waals surface area contributed by atoms with Crippen LogP contribution in [0.3, 0.4) is 0 Å². The molecule has 0 spiro atoms. The van der Waals surface area contributed by atoms with Crippen LogP contribution in [0.25, 0.3) is 0 Å². The van der Waals surface area contributed by atoms with E-state index in [4.69, 9.17) is 26.1 Å². The van der Waals surface area contributed by atoms with E-state index in [2.05, 4.69) is 5.32 Å². The third kappa shape index (κ3) is 4.90. The number of amides is 1. The summed E-state index contributed by atoms with van der Waals surface area (Å²) in [5, 5.41) is 4.53. The number of methoxy groups -OCH3 is 2. The van der Waals surface area contributed by atoms with Gasteiger partial charge in [-0.2, -0.15) is 0 Å². The standard InChI is InChI=1S/C24H29ClN2O3S/c1-29-19-13-15(12-18(25)22(19)30-2)14-26-24-21(17-10-6-7-11-20(17)31-24)23(28)27-16-8-4-3-5-9-16/h12-14,16H,3-11H2,1-2H3,(H,27,28). The van der Waals surface area contributed by atoms with Gasteiger partial charge in [0.05, 0.1) is 24.8 Å². The molecule has 31 heavy (non-hydrogen) atoms. The number of hydrogen-bond acceptors (Lipinski definition) is 5. The molecular formula is C24H29ClN2O3S. The van der Waals surface area contributed by atoms with Gasteiger partial charge in [0.15, 0.2) is 11.5 Å². The third-order valence-corrected chi connectivity index (χ3v) is 7.59. The number of benzene rings is 1. The molecule has 1 aromatic heterocycles. The Bertz CT molecular complexity index is 980. The minimum atomic E-state index is 0.0313. The molecule has 1 fully saturated rings. The second kappa shape index (κ2) is 10.0. The number of thiophene rings is 1. The second-order valence-corrected chi connectivity index (χ2v) is 9.69. The first-order valence-electron chi connectivity index (χ1n) is 11.0. The lowest BCUT2D eigenvalue weighted by molar-refractivity contribution is 0.0927. The van der Waals surface area contributed by atoms with Crippen LogP contribution in [-0.2, 0) is 12.8 Å². The van der Waals surface area contributed by atoms with Crippen molar-refractivity contribution in [2.75, 3.05) is 14.2 Å². The largest absolute Gasteiger partial charge is 0.493 e. The van der Waals surface area contributed by atoms with Crippen molar-refractivity contribution >= 4 is 40.1 Å². The summed E-state index contributed by atoms with van der Waals surface area (Å²) >= 11 is 7.99.